The highest BCUT2D eigenvalue weighted by atomic mass is 35.5. The van der Waals surface area contributed by atoms with Gasteiger partial charge in [-0.15, -0.1) is 0 Å². The molecule has 2 N–H and O–H groups in total. The number of nitrogens with zero attached hydrogens (tertiary/aromatic N) is 2. The Kier molecular flexibility index (Phi) is 6.08. The van der Waals surface area contributed by atoms with Gasteiger partial charge < -0.3 is 15.1 Å². The van der Waals surface area contributed by atoms with Crippen molar-refractivity contribution in [3.63, 3.8) is 0 Å². The van der Waals surface area contributed by atoms with Gasteiger partial charge in [0.25, 0.3) is 11.6 Å². The molecule has 1 aromatic heterocycles. The first-order chi connectivity index (χ1) is 16.2. The summed E-state index contributed by atoms with van der Waals surface area (Å²) in [5.41, 5.74) is -0.393. The monoisotopic (exact) mass is 482 g/mol. The minimum atomic E-state index is -1.44. The summed E-state index contributed by atoms with van der Waals surface area (Å²) in [7, 11) is 0. The van der Waals surface area contributed by atoms with E-state index in [1.165, 1.54) is 31.2 Å². The average Bonchev–Trinajstić information content (AvgIpc) is 3.37. The Morgan fingerprint density at radius 3 is 2.44 bits per heavy atom. The van der Waals surface area contributed by atoms with Crippen LogP contribution in [0.5, 0.6) is 0 Å². The lowest BCUT2D eigenvalue weighted by Crippen LogP contribution is -2.43. The van der Waals surface area contributed by atoms with E-state index in [0.717, 1.165) is 10.5 Å². The second kappa shape index (κ2) is 8.99. The molecule has 1 aliphatic heterocycles. The largest absolute Gasteiger partial charge is 0.459 e. The minimum absolute atomic E-state index is 0.0652. The molecule has 0 bridgehead atoms. The van der Waals surface area contributed by atoms with Crippen LogP contribution in [0, 0.1) is 10.1 Å². The van der Waals surface area contributed by atoms with Crippen LogP contribution in [0.15, 0.2) is 65.1 Å². The maximum Gasteiger partial charge on any atom is 0.325 e. The zero-order valence-electron chi connectivity index (χ0n) is 17.9. The van der Waals surface area contributed by atoms with Gasteiger partial charge in [-0.2, -0.15) is 0 Å². The van der Waals surface area contributed by atoms with Gasteiger partial charge in [-0.3, -0.25) is 24.6 Å². The number of hydrogen-bond donors (Lipinski definition) is 2. The number of benzene rings is 2. The predicted molar refractivity (Wildman–Crippen MR) is 122 cm³/mol. The molecule has 10 nitrogen and oxygen atoms in total. The maximum atomic E-state index is 13.0. The third kappa shape index (κ3) is 4.48. The first-order valence-electron chi connectivity index (χ1n) is 10.2. The normalized spacial score (nSPS) is 17.5. The number of nitro groups is 1. The van der Waals surface area contributed by atoms with Crippen molar-refractivity contribution in [1.29, 1.82) is 0 Å². The molecule has 3 aromatic rings. The highest BCUT2D eigenvalue weighted by Gasteiger charge is 2.49. The summed E-state index contributed by atoms with van der Waals surface area (Å²) in [5.74, 6) is -0.0921. The number of halogens is 1. The van der Waals surface area contributed by atoms with E-state index >= 15 is 0 Å². The number of amides is 4. The van der Waals surface area contributed by atoms with E-state index in [2.05, 4.69) is 10.6 Å². The van der Waals surface area contributed by atoms with Gasteiger partial charge in [0.15, 0.2) is 0 Å². The number of carbonyl (C=O) groups excluding carboxylic acids is 3. The fraction of sp³-hybridized carbons (Fsp3) is 0.174. The molecule has 174 valence electrons. The van der Waals surface area contributed by atoms with Crippen LogP contribution in [0.2, 0.25) is 5.02 Å². The van der Waals surface area contributed by atoms with Crippen LogP contribution in [0.25, 0.3) is 11.3 Å². The molecule has 1 aliphatic rings. The number of non-ortho nitro benzene ring substituents is 1. The number of imide groups is 1. The van der Waals surface area contributed by atoms with Gasteiger partial charge in [0.2, 0.25) is 5.91 Å². The number of rotatable bonds is 7. The van der Waals surface area contributed by atoms with Gasteiger partial charge in [0.05, 0.1) is 11.5 Å². The highest BCUT2D eigenvalue weighted by molar-refractivity contribution is 6.30. The number of nitro benzene ring substituents is 1. The number of urea groups is 1. The van der Waals surface area contributed by atoms with Crippen molar-refractivity contribution in [3.8, 4) is 11.3 Å². The van der Waals surface area contributed by atoms with Crippen molar-refractivity contribution in [2.45, 2.75) is 19.0 Å². The van der Waals surface area contributed by atoms with Gasteiger partial charge in [0, 0.05) is 22.7 Å². The second-order valence-electron chi connectivity index (χ2n) is 7.80. The van der Waals surface area contributed by atoms with Gasteiger partial charge in [-0.25, -0.2) is 4.79 Å². The molecule has 2 heterocycles. The summed E-state index contributed by atoms with van der Waals surface area (Å²) in [6, 6.07) is 15.1. The molecule has 11 heteroatoms. The van der Waals surface area contributed by atoms with Crippen molar-refractivity contribution < 1.29 is 23.7 Å². The molecule has 1 unspecified atom stereocenters. The smallest absolute Gasteiger partial charge is 0.325 e. The summed E-state index contributed by atoms with van der Waals surface area (Å²) in [5, 5.41) is 16.6. The van der Waals surface area contributed by atoms with E-state index < -0.39 is 34.9 Å². The maximum absolute atomic E-state index is 13.0. The van der Waals surface area contributed by atoms with E-state index in [4.69, 9.17) is 16.0 Å². The third-order valence-electron chi connectivity index (χ3n) is 5.48. The fourth-order valence-corrected chi connectivity index (χ4v) is 3.71. The zero-order chi connectivity index (χ0) is 24.5. The summed E-state index contributed by atoms with van der Waals surface area (Å²) in [6.07, 6.45) is 0. The molecule has 2 aromatic carbocycles. The number of carbonyl (C=O) groups is 3. The van der Waals surface area contributed by atoms with Crippen LogP contribution in [-0.4, -0.2) is 34.2 Å². The Hall–Kier alpha value is -4.18. The van der Waals surface area contributed by atoms with Gasteiger partial charge in [0.1, 0.15) is 23.6 Å². The van der Waals surface area contributed by atoms with Gasteiger partial charge in [-0.1, -0.05) is 11.6 Å². The summed E-state index contributed by atoms with van der Waals surface area (Å²) >= 11 is 5.89. The molecule has 4 rings (SSSR count). The summed E-state index contributed by atoms with van der Waals surface area (Å²) < 4.78 is 5.72. The van der Waals surface area contributed by atoms with Crippen LogP contribution in [-0.2, 0) is 21.7 Å². The molecule has 0 radical (unpaired) electrons. The molecular weight excluding hydrogens is 464 g/mol. The summed E-state index contributed by atoms with van der Waals surface area (Å²) in [6.45, 7) is 1.06. The van der Waals surface area contributed by atoms with Crippen molar-refractivity contribution >= 4 is 35.1 Å². The second-order valence-corrected chi connectivity index (χ2v) is 8.24. The molecule has 4 amide bonds. The Balaban J connectivity index is 1.37. The quantitative estimate of drug-likeness (QED) is 0.300. The lowest BCUT2D eigenvalue weighted by molar-refractivity contribution is -0.384. The minimum Gasteiger partial charge on any atom is -0.459 e. The Labute approximate surface area is 198 Å². The van der Waals surface area contributed by atoms with Crippen molar-refractivity contribution in [1.82, 2.24) is 15.5 Å². The average molecular weight is 483 g/mol. The van der Waals surface area contributed by atoms with E-state index in [1.54, 1.807) is 24.3 Å². The third-order valence-corrected chi connectivity index (χ3v) is 5.73. The number of nitrogens with one attached hydrogen (secondary N) is 2. The molecule has 0 aliphatic carbocycles. The molecule has 34 heavy (non-hydrogen) atoms. The zero-order valence-corrected chi connectivity index (χ0v) is 18.7. The lowest BCUT2D eigenvalue weighted by atomic mass is 9.92. The lowest BCUT2D eigenvalue weighted by Gasteiger charge is -2.22. The molecule has 1 atom stereocenters. The molecular formula is C23H19ClN4O6. The molecule has 0 saturated carbocycles. The van der Waals surface area contributed by atoms with Crippen molar-refractivity contribution in [2.24, 2.45) is 0 Å². The van der Waals surface area contributed by atoms with E-state index in [0.29, 0.717) is 22.1 Å². The van der Waals surface area contributed by atoms with Gasteiger partial charge in [-0.05, 0) is 61.0 Å². The summed E-state index contributed by atoms with van der Waals surface area (Å²) in [4.78, 5) is 48.9. The highest BCUT2D eigenvalue weighted by Crippen LogP contribution is 2.30. The van der Waals surface area contributed by atoms with Gasteiger partial charge >= 0.3 is 6.03 Å². The number of hydrogen-bond acceptors (Lipinski definition) is 6. The first-order valence-corrected chi connectivity index (χ1v) is 10.6. The standard InChI is InChI=1S/C23H19ClN4O6/c1-23(15-4-8-17(9-5-15)28(32)33)21(30)27(22(31)26-23)13-20(29)25-12-18-10-11-19(34-18)14-2-6-16(24)7-3-14/h2-11H,12-13H2,1H3,(H,25,29)(H,26,31). The van der Waals surface area contributed by atoms with Crippen LogP contribution < -0.4 is 10.6 Å². The Morgan fingerprint density at radius 1 is 1.12 bits per heavy atom. The fourth-order valence-electron chi connectivity index (χ4n) is 3.58. The number of furan rings is 1. The van der Waals surface area contributed by atoms with Crippen LogP contribution in [0.3, 0.4) is 0 Å². The van der Waals surface area contributed by atoms with Crippen LogP contribution in [0.4, 0.5) is 10.5 Å². The Bertz CT molecular complexity index is 1270. The topological polar surface area (TPSA) is 135 Å². The first kappa shape index (κ1) is 23.0. The van der Waals surface area contributed by atoms with E-state index in [-0.39, 0.29) is 12.2 Å². The SMILES string of the molecule is CC1(c2ccc([N+](=O)[O-])cc2)NC(=O)N(CC(=O)NCc2ccc(-c3ccc(Cl)cc3)o2)C1=O. The van der Waals surface area contributed by atoms with E-state index in [1.807, 2.05) is 12.1 Å². The van der Waals surface area contributed by atoms with Crippen molar-refractivity contribution in [2.75, 3.05) is 6.54 Å². The van der Waals surface area contributed by atoms with Crippen LogP contribution in [0.1, 0.15) is 18.2 Å². The predicted octanol–water partition coefficient (Wildman–Crippen LogP) is 3.59. The Morgan fingerprint density at radius 2 is 1.79 bits per heavy atom. The van der Waals surface area contributed by atoms with E-state index in [9.17, 15) is 24.5 Å². The molecule has 1 fully saturated rings. The molecule has 1 saturated heterocycles. The molecule has 0 spiro atoms. The van der Waals surface area contributed by atoms with Crippen LogP contribution >= 0.6 is 11.6 Å². The van der Waals surface area contributed by atoms with Crippen molar-refractivity contribution in [3.05, 3.63) is 87.1 Å².